The van der Waals surface area contributed by atoms with Crippen LogP contribution in [-0.4, -0.2) is 50.2 Å². The van der Waals surface area contributed by atoms with E-state index in [1.54, 1.807) is 0 Å². The fourth-order valence-corrected chi connectivity index (χ4v) is 2.02. The molecule has 1 N–H and O–H groups in total. The zero-order valence-corrected chi connectivity index (χ0v) is 10.5. The van der Waals surface area contributed by atoms with Crippen LogP contribution >= 0.6 is 0 Å². The monoisotopic (exact) mass is 228 g/mol. The number of ether oxygens (including phenoxy) is 1. The van der Waals surface area contributed by atoms with E-state index < -0.39 is 0 Å². The van der Waals surface area contributed by atoms with Crippen molar-refractivity contribution in [1.82, 2.24) is 10.2 Å². The van der Waals surface area contributed by atoms with E-state index in [9.17, 15) is 4.79 Å². The Morgan fingerprint density at radius 2 is 2.06 bits per heavy atom. The first-order valence-electron chi connectivity index (χ1n) is 6.34. The lowest BCUT2D eigenvalue weighted by Gasteiger charge is -2.32. The summed E-state index contributed by atoms with van der Waals surface area (Å²) in [6.45, 7) is 8.80. The Hall–Kier alpha value is -0.610. The molecule has 0 aromatic heterocycles. The van der Waals surface area contributed by atoms with Gasteiger partial charge in [-0.05, 0) is 38.8 Å². The average molecular weight is 228 g/mol. The van der Waals surface area contributed by atoms with Crippen molar-refractivity contribution in [2.45, 2.75) is 26.7 Å². The number of piperidine rings is 1. The van der Waals surface area contributed by atoms with Gasteiger partial charge in [-0.25, -0.2) is 0 Å². The molecule has 0 spiro atoms. The molecule has 0 atom stereocenters. The van der Waals surface area contributed by atoms with Gasteiger partial charge < -0.3 is 15.0 Å². The third-order valence-electron chi connectivity index (χ3n) is 3.08. The van der Waals surface area contributed by atoms with Crippen molar-refractivity contribution < 1.29 is 9.53 Å². The van der Waals surface area contributed by atoms with Gasteiger partial charge in [-0.2, -0.15) is 0 Å². The van der Waals surface area contributed by atoms with Crippen LogP contribution < -0.4 is 5.32 Å². The number of rotatable bonds is 6. The van der Waals surface area contributed by atoms with E-state index in [2.05, 4.69) is 12.2 Å². The molecular formula is C12H24N2O2. The molecule has 1 saturated heterocycles. The number of carbonyl (C=O) groups excluding carboxylic acids is 1. The van der Waals surface area contributed by atoms with Gasteiger partial charge in [0.25, 0.3) is 0 Å². The van der Waals surface area contributed by atoms with Gasteiger partial charge >= 0.3 is 0 Å². The van der Waals surface area contributed by atoms with Gasteiger partial charge in [0.15, 0.2) is 0 Å². The number of amides is 1. The topological polar surface area (TPSA) is 41.6 Å². The normalized spacial score (nSPS) is 17.8. The second kappa shape index (κ2) is 7.63. The fraction of sp³-hybridized carbons (Fsp3) is 0.917. The summed E-state index contributed by atoms with van der Waals surface area (Å²) in [5.41, 5.74) is 0. The third-order valence-corrected chi connectivity index (χ3v) is 3.08. The molecule has 4 heteroatoms. The van der Waals surface area contributed by atoms with Gasteiger partial charge in [0.1, 0.15) is 6.61 Å². The largest absolute Gasteiger partial charge is 0.372 e. The highest BCUT2D eigenvalue weighted by molar-refractivity contribution is 5.77. The van der Waals surface area contributed by atoms with Gasteiger partial charge in [-0.1, -0.05) is 6.92 Å². The molecule has 1 heterocycles. The summed E-state index contributed by atoms with van der Waals surface area (Å²) in [6, 6.07) is 0. The van der Waals surface area contributed by atoms with Gasteiger partial charge in [0.05, 0.1) is 0 Å². The standard InChI is InChI=1S/C12H24N2O2/c1-3-13-9-11-5-7-14(8-6-11)12(15)10-16-4-2/h11,13H,3-10H2,1-2H3. The number of nitrogens with zero attached hydrogens (tertiary/aromatic N) is 1. The Balaban J connectivity index is 2.18. The molecule has 0 aromatic rings. The SMILES string of the molecule is CCNCC1CCN(C(=O)COCC)CC1. The lowest BCUT2D eigenvalue weighted by molar-refractivity contribution is -0.137. The third kappa shape index (κ3) is 4.49. The summed E-state index contributed by atoms with van der Waals surface area (Å²) >= 11 is 0. The maximum atomic E-state index is 11.7. The fourth-order valence-electron chi connectivity index (χ4n) is 2.02. The first-order valence-corrected chi connectivity index (χ1v) is 6.34. The van der Waals surface area contributed by atoms with Crippen molar-refractivity contribution >= 4 is 5.91 Å². The molecule has 0 bridgehead atoms. The van der Waals surface area contributed by atoms with Crippen molar-refractivity contribution in [3.63, 3.8) is 0 Å². The molecule has 1 amide bonds. The molecule has 0 radical (unpaired) electrons. The Morgan fingerprint density at radius 1 is 1.38 bits per heavy atom. The van der Waals surface area contributed by atoms with Crippen LogP contribution in [0.15, 0.2) is 0 Å². The summed E-state index contributed by atoms with van der Waals surface area (Å²) < 4.78 is 5.14. The van der Waals surface area contributed by atoms with E-state index in [0.29, 0.717) is 6.61 Å². The molecule has 0 saturated carbocycles. The number of likely N-dealkylation sites (tertiary alicyclic amines) is 1. The van der Waals surface area contributed by atoms with Crippen LogP contribution in [0.5, 0.6) is 0 Å². The molecule has 1 aliphatic heterocycles. The van der Waals surface area contributed by atoms with Gasteiger partial charge in [-0.3, -0.25) is 4.79 Å². The molecule has 1 aliphatic rings. The number of nitrogens with one attached hydrogen (secondary N) is 1. The number of hydrogen-bond acceptors (Lipinski definition) is 3. The minimum atomic E-state index is 0.142. The van der Waals surface area contributed by atoms with Crippen molar-refractivity contribution in [3.05, 3.63) is 0 Å². The highest BCUT2D eigenvalue weighted by Crippen LogP contribution is 2.16. The van der Waals surface area contributed by atoms with E-state index in [1.165, 1.54) is 0 Å². The maximum absolute atomic E-state index is 11.7. The van der Waals surface area contributed by atoms with Crippen molar-refractivity contribution in [2.24, 2.45) is 5.92 Å². The van der Waals surface area contributed by atoms with E-state index >= 15 is 0 Å². The predicted molar refractivity (Wildman–Crippen MR) is 64.3 cm³/mol. The molecule has 1 rings (SSSR count). The summed E-state index contributed by atoms with van der Waals surface area (Å²) in [5, 5.41) is 3.37. The van der Waals surface area contributed by atoms with Crippen LogP contribution in [0, 0.1) is 5.92 Å². The van der Waals surface area contributed by atoms with Gasteiger partial charge in [-0.15, -0.1) is 0 Å². The molecule has 0 unspecified atom stereocenters. The van der Waals surface area contributed by atoms with Crippen molar-refractivity contribution in [2.75, 3.05) is 39.4 Å². The predicted octanol–water partition coefficient (Wildman–Crippen LogP) is 0.871. The van der Waals surface area contributed by atoms with Crippen LogP contribution in [0.2, 0.25) is 0 Å². The van der Waals surface area contributed by atoms with Crippen molar-refractivity contribution in [3.8, 4) is 0 Å². The van der Waals surface area contributed by atoms with Crippen LogP contribution in [-0.2, 0) is 9.53 Å². The minimum absolute atomic E-state index is 0.142. The quantitative estimate of drug-likeness (QED) is 0.733. The second-order valence-corrected chi connectivity index (χ2v) is 4.27. The first kappa shape index (κ1) is 13.5. The average Bonchev–Trinajstić information content (AvgIpc) is 2.34. The van der Waals surface area contributed by atoms with E-state index in [-0.39, 0.29) is 12.5 Å². The summed E-state index contributed by atoms with van der Waals surface area (Å²) in [5.74, 6) is 0.875. The molecule has 4 nitrogen and oxygen atoms in total. The zero-order valence-electron chi connectivity index (χ0n) is 10.5. The lowest BCUT2D eigenvalue weighted by atomic mass is 9.97. The Bertz CT molecular complexity index is 201. The first-order chi connectivity index (χ1) is 7.77. The Kier molecular flexibility index (Phi) is 6.42. The van der Waals surface area contributed by atoms with Crippen molar-refractivity contribution in [1.29, 1.82) is 0 Å². The smallest absolute Gasteiger partial charge is 0.248 e. The zero-order chi connectivity index (χ0) is 11.8. The number of hydrogen-bond donors (Lipinski definition) is 1. The highest BCUT2D eigenvalue weighted by Gasteiger charge is 2.22. The summed E-state index contributed by atoms with van der Waals surface area (Å²) in [6.07, 6.45) is 2.23. The molecule has 94 valence electrons. The van der Waals surface area contributed by atoms with Crippen LogP contribution in [0.3, 0.4) is 0 Å². The summed E-state index contributed by atoms with van der Waals surface area (Å²) in [4.78, 5) is 13.6. The van der Waals surface area contributed by atoms with Gasteiger partial charge in [0, 0.05) is 19.7 Å². The lowest BCUT2D eigenvalue weighted by Crippen LogP contribution is -2.42. The molecule has 0 aliphatic carbocycles. The highest BCUT2D eigenvalue weighted by atomic mass is 16.5. The van der Waals surface area contributed by atoms with E-state index in [1.807, 2.05) is 11.8 Å². The van der Waals surface area contributed by atoms with Crippen LogP contribution in [0.4, 0.5) is 0 Å². The van der Waals surface area contributed by atoms with Crippen LogP contribution in [0.1, 0.15) is 26.7 Å². The Morgan fingerprint density at radius 3 is 2.62 bits per heavy atom. The molecule has 1 fully saturated rings. The summed E-state index contributed by atoms with van der Waals surface area (Å²) in [7, 11) is 0. The minimum Gasteiger partial charge on any atom is -0.372 e. The van der Waals surface area contributed by atoms with Gasteiger partial charge in [0.2, 0.25) is 5.91 Å². The molecular weight excluding hydrogens is 204 g/mol. The molecule has 16 heavy (non-hydrogen) atoms. The second-order valence-electron chi connectivity index (χ2n) is 4.27. The van der Waals surface area contributed by atoms with E-state index in [0.717, 1.165) is 44.9 Å². The molecule has 0 aromatic carbocycles. The van der Waals surface area contributed by atoms with E-state index in [4.69, 9.17) is 4.74 Å². The Labute approximate surface area is 98.3 Å². The van der Waals surface area contributed by atoms with Crippen LogP contribution in [0.25, 0.3) is 0 Å². The maximum Gasteiger partial charge on any atom is 0.248 e. The number of carbonyl (C=O) groups is 1.